The fourth-order valence-electron chi connectivity index (χ4n) is 2.87. The number of anilines is 1. The number of nitrogens with zero attached hydrogens (tertiary/aromatic N) is 3. The van der Waals surface area contributed by atoms with Crippen LogP contribution >= 0.6 is 0 Å². The van der Waals surface area contributed by atoms with Crippen molar-refractivity contribution in [2.24, 2.45) is 0 Å². The summed E-state index contributed by atoms with van der Waals surface area (Å²) in [4.78, 5) is 11.6. The number of aryl methyl sites for hydroxylation is 1. The number of hydrogen-bond donors (Lipinski definition) is 2. The van der Waals surface area contributed by atoms with Crippen molar-refractivity contribution in [2.45, 2.75) is 65.0 Å². The van der Waals surface area contributed by atoms with E-state index in [1.165, 1.54) is 19.3 Å². The Hall–Kier alpha value is -1.20. The van der Waals surface area contributed by atoms with Crippen LogP contribution in [-0.2, 0) is 6.54 Å². The summed E-state index contributed by atoms with van der Waals surface area (Å²) in [5, 5.41) is 13.7. The first-order chi connectivity index (χ1) is 10.6. The molecule has 1 aliphatic rings. The maximum atomic E-state index is 10.3. The number of aliphatic hydroxyl groups is 1. The molecule has 0 amide bonds. The van der Waals surface area contributed by atoms with Crippen LogP contribution in [0.25, 0.3) is 0 Å². The van der Waals surface area contributed by atoms with E-state index in [1.54, 1.807) is 0 Å². The largest absolute Gasteiger partial charge is 0.389 e. The Morgan fingerprint density at radius 1 is 1.18 bits per heavy atom. The van der Waals surface area contributed by atoms with Crippen molar-refractivity contribution >= 4 is 5.95 Å². The molecule has 124 valence electrons. The standard InChI is InChI=1S/C17H30N4O/c1-4-17(22,5-2)13-18-12-15-11-14(3)19-16(20-15)21-9-7-6-8-10-21/h11,18,22H,4-10,12-13H2,1-3H3. The first kappa shape index (κ1) is 17.2. The van der Waals surface area contributed by atoms with Gasteiger partial charge in [-0.3, -0.25) is 0 Å². The van der Waals surface area contributed by atoms with E-state index in [9.17, 15) is 5.11 Å². The molecular formula is C17H30N4O. The van der Waals surface area contributed by atoms with Crippen molar-refractivity contribution < 1.29 is 5.11 Å². The lowest BCUT2D eigenvalue weighted by atomic mass is 9.98. The Bertz CT molecular complexity index is 468. The van der Waals surface area contributed by atoms with Crippen LogP contribution in [0.5, 0.6) is 0 Å². The molecule has 0 bridgehead atoms. The first-order valence-corrected chi connectivity index (χ1v) is 8.59. The highest BCUT2D eigenvalue weighted by Gasteiger charge is 2.21. The second-order valence-corrected chi connectivity index (χ2v) is 6.38. The molecule has 0 atom stereocenters. The van der Waals surface area contributed by atoms with Gasteiger partial charge in [0.05, 0.1) is 11.3 Å². The smallest absolute Gasteiger partial charge is 0.225 e. The van der Waals surface area contributed by atoms with Crippen LogP contribution in [0, 0.1) is 6.92 Å². The van der Waals surface area contributed by atoms with Gasteiger partial charge in [0.25, 0.3) is 0 Å². The van der Waals surface area contributed by atoms with Gasteiger partial charge in [0.15, 0.2) is 0 Å². The third-order valence-electron chi connectivity index (χ3n) is 4.61. The van der Waals surface area contributed by atoms with Gasteiger partial charge in [0, 0.05) is 31.9 Å². The molecule has 5 nitrogen and oxygen atoms in total. The summed E-state index contributed by atoms with van der Waals surface area (Å²) in [7, 11) is 0. The van der Waals surface area contributed by atoms with Crippen molar-refractivity contribution in [1.82, 2.24) is 15.3 Å². The number of piperidine rings is 1. The van der Waals surface area contributed by atoms with Gasteiger partial charge in [-0.25, -0.2) is 9.97 Å². The average molecular weight is 306 g/mol. The summed E-state index contributed by atoms with van der Waals surface area (Å²) >= 11 is 0. The highest BCUT2D eigenvalue weighted by Crippen LogP contribution is 2.17. The number of rotatable bonds is 7. The van der Waals surface area contributed by atoms with E-state index in [0.717, 1.165) is 43.3 Å². The average Bonchev–Trinajstić information content (AvgIpc) is 2.55. The summed E-state index contributed by atoms with van der Waals surface area (Å²) in [6.45, 7) is 9.45. The number of hydrogen-bond acceptors (Lipinski definition) is 5. The van der Waals surface area contributed by atoms with Gasteiger partial charge in [-0.15, -0.1) is 0 Å². The number of aromatic nitrogens is 2. The lowest BCUT2D eigenvalue weighted by Gasteiger charge is -2.27. The zero-order valence-corrected chi connectivity index (χ0v) is 14.2. The maximum Gasteiger partial charge on any atom is 0.225 e. The summed E-state index contributed by atoms with van der Waals surface area (Å²) in [6.07, 6.45) is 5.29. The molecule has 22 heavy (non-hydrogen) atoms. The van der Waals surface area contributed by atoms with Crippen LogP contribution in [0.4, 0.5) is 5.95 Å². The Labute approximate surface area is 134 Å². The van der Waals surface area contributed by atoms with E-state index < -0.39 is 5.60 Å². The van der Waals surface area contributed by atoms with E-state index >= 15 is 0 Å². The lowest BCUT2D eigenvalue weighted by molar-refractivity contribution is 0.0322. The first-order valence-electron chi connectivity index (χ1n) is 8.59. The summed E-state index contributed by atoms with van der Waals surface area (Å²) in [5.74, 6) is 0.859. The van der Waals surface area contributed by atoms with Gasteiger partial charge in [0.2, 0.25) is 5.95 Å². The Morgan fingerprint density at radius 2 is 1.86 bits per heavy atom. The minimum atomic E-state index is -0.613. The second kappa shape index (κ2) is 7.88. The molecule has 2 heterocycles. The van der Waals surface area contributed by atoms with Crippen molar-refractivity contribution in [2.75, 3.05) is 24.5 Å². The van der Waals surface area contributed by atoms with Crippen LogP contribution in [-0.4, -0.2) is 40.3 Å². The fraction of sp³-hybridized carbons (Fsp3) is 0.765. The zero-order chi connectivity index (χ0) is 16.0. The van der Waals surface area contributed by atoms with Crippen molar-refractivity contribution in [1.29, 1.82) is 0 Å². The zero-order valence-electron chi connectivity index (χ0n) is 14.2. The molecule has 2 N–H and O–H groups in total. The molecule has 0 saturated carbocycles. The van der Waals surface area contributed by atoms with E-state index in [2.05, 4.69) is 15.2 Å². The quantitative estimate of drug-likeness (QED) is 0.810. The monoisotopic (exact) mass is 306 g/mol. The summed E-state index contributed by atoms with van der Waals surface area (Å²) in [5.41, 5.74) is 1.40. The summed E-state index contributed by atoms with van der Waals surface area (Å²) in [6, 6.07) is 2.03. The van der Waals surface area contributed by atoms with Crippen LogP contribution in [0.15, 0.2) is 6.07 Å². The minimum Gasteiger partial charge on any atom is -0.389 e. The molecule has 0 spiro atoms. The van der Waals surface area contributed by atoms with E-state index in [-0.39, 0.29) is 0 Å². The highest BCUT2D eigenvalue weighted by atomic mass is 16.3. The van der Waals surface area contributed by atoms with Gasteiger partial charge in [-0.1, -0.05) is 13.8 Å². The normalized spacial score (nSPS) is 16.1. The number of nitrogens with one attached hydrogen (secondary N) is 1. The van der Waals surface area contributed by atoms with Crippen LogP contribution in [0.1, 0.15) is 57.3 Å². The molecular weight excluding hydrogens is 276 g/mol. The predicted octanol–water partition coefficient (Wildman–Crippen LogP) is 2.42. The van der Waals surface area contributed by atoms with E-state index in [4.69, 9.17) is 4.98 Å². The van der Waals surface area contributed by atoms with Gasteiger partial charge in [-0.05, 0) is 45.1 Å². The molecule has 0 aromatic carbocycles. The molecule has 0 unspecified atom stereocenters. The third-order valence-corrected chi connectivity index (χ3v) is 4.61. The van der Waals surface area contributed by atoms with Crippen LogP contribution in [0.3, 0.4) is 0 Å². The second-order valence-electron chi connectivity index (χ2n) is 6.38. The molecule has 1 saturated heterocycles. The molecule has 2 rings (SSSR count). The van der Waals surface area contributed by atoms with Crippen molar-refractivity contribution in [3.05, 3.63) is 17.5 Å². The molecule has 5 heteroatoms. The van der Waals surface area contributed by atoms with E-state index in [1.807, 2.05) is 26.8 Å². The molecule has 1 aromatic rings. The van der Waals surface area contributed by atoms with Gasteiger partial charge < -0.3 is 15.3 Å². The lowest BCUT2D eigenvalue weighted by Crippen LogP contribution is -2.39. The Kier molecular flexibility index (Phi) is 6.15. The van der Waals surface area contributed by atoms with Crippen molar-refractivity contribution in [3.8, 4) is 0 Å². The topological polar surface area (TPSA) is 61.3 Å². The van der Waals surface area contributed by atoms with Gasteiger partial charge in [-0.2, -0.15) is 0 Å². The van der Waals surface area contributed by atoms with E-state index in [0.29, 0.717) is 13.1 Å². The highest BCUT2D eigenvalue weighted by molar-refractivity contribution is 5.32. The molecule has 0 aliphatic carbocycles. The molecule has 1 aliphatic heterocycles. The third kappa shape index (κ3) is 4.65. The predicted molar refractivity (Wildman–Crippen MR) is 90.1 cm³/mol. The molecule has 0 radical (unpaired) electrons. The van der Waals surface area contributed by atoms with Crippen LogP contribution < -0.4 is 10.2 Å². The fourth-order valence-corrected chi connectivity index (χ4v) is 2.87. The Morgan fingerprint density at radius 3 is 2.50 bits per heavy atom. The van der Waals surface area contributed by atoms with Crippen molar-refractivity contribution in [3.63, 3.8) is 0 Å². The minimum absolute atomic E-state index is 0.599. The Balaban J connectivity index is 1.97. The summed E-state index contributed by atoms with van der Waals surface area (Å²) < 4.78 is 0. The van der Waals surface area contributed by atoms with Crippen LogP contribution in [0.2, 0.25) is 0 Å². The molecule has 1 fully saturated rings. The van der Waals surface area contributed by atoms with Gasteiger partial charge in [0.1, 0.15) is 0 Å². The molecule has 1 aromatic heterocycles. The van der Waals surface area contributed by atoms with Gasteiger partial charge >= 0.3 is 0 Å². The SMILES string of the molecule is CCC(O)(CC)CNCc1cc(C)nc(N2CCCCC2)n1. The maximum absolute atomic E-state index is 10.3.